The van der Waals surface area contributed by atoms with Crippen LogP contribution in [0.4, 0.5) is 5.82 Å². The van der Waals surface area contributed by atoms with Crippen LogP contribution >= 0.6 is 0 Å². The first-order valence-corrected chi connectivity index (χ1v) is 10.2. The summed E-state index contributed by atoms with van der Waals surface area (Å²) in [5.41, 5.74) is 5.03. The molecule has 3 aromatic rings. The minimum Gasteiger partial charge on any atom is -0.496 e. The molecule has 2 heterocycles. The molecule has 1 aliphatic rings. The predicted molar refractivity (Wildman–Crippen MR) is 119 cm³/mol. The van der Waals surface area contributed by atoms with Gasteiger partial charge in [0.05, 0.1) is 12.8 Å². The Bertz CT molecular complexity index is 1180. The van der Waals surface area contributed by atoms with E-state index in [0.29, 0.717) is 17.1 Å². The van der Waals surface area contributed by atoms with Crippen LogP contribution in [-0.4, -0.2) is 34.7 Å². The molecule has 0 fully saturated rings. The van der Waals surface area contributed by atoms with Gasteiger partial charge in [0.1, 0.15) is 17.6 Å². The van der Waals surface area contributed by atoms with E-state index in [4.69, 9.17) is 4.74 Å². The van der Waals surface area contributed by atoms with Crippen LogP contribution in [0.15, 0.2) is 42.5 Å². The van der Waals surface area contributed by atoms with E-state index in [9.17, 15) is 9.59 Å². The number of methoxy groups -OCH3 is 1. The molecule has 0 saturated carbocycles. The van der Waals surface area contributed by atoms with E-state index in [1.165, 1.54) is 0 Å². The average molecular weight is 418 g/mol. The Labute approximate surface area is 181 Å². The predicted octanol–water partition coefficient (Wildman–Crippen LogP) is 3.24. The van der Waals surface area contributed by atoms with Gasteiger partial charge in [-0.2, -0.15) is 5.10 Å². The highest BCUT2D eigenvalue weighted by atomic mass is 16.5. The van der Waals surface area contributed by atoms with Gasteiger partial charge >= 0.3 is 0 Å². The lowest BCUT2D eigenvalue weighted by molar-refractivity contribution is -0.118. The molecule has 4 rings (SSSR count). The van der Waals surface area contributed by atoms with Crippen molar-refractivity contribution >= 4 is 17.6 Å². The summed E-state index contributed by atoms with van der Waals surface area (Å²) in [7, 11) is 3.40. The number of carbonyl (C=O) groups is 2. The molecule has 2 amide bonds. The Kier molecular flexibility index (Phi) is 5.27. The van der Waals surface area contributed by atoms with Crippen LogP contribution in [0.25, 0.3) is 0 Å². The third-order valence-corrected chi connectivity index (χ3v) is 5.72. The molecule has 0 unspecified atom stereocenters. The van der Waals surface area contributed by atoms with Crippen LogP contribution in [0, 0.1) is 20.8 Å². The number of aromatic nitrogens is 2. The van der Waals surface area contributed by atoms with E-state index in [0.717, 1.165) is 27.9 Å². The molecular formula is C24H26N4O3. The highest BCUT2D eigenvalue weighted by Crippen LogP contribution is 2.42. The number of nitrogens with zero attached hydrogens (tertiary/aromatic N) is 2. The van der Waals surface area contributed by atoms with Gasteiger partial charge in [0.15, 0.2) is 0 Å². The van der Waals surface area contributed by atoms with Gasteiger partial charge in [-0.1, -0.05) is 35.4 Å². The monoisotopic (exact) mass is 418 g/mol. The third-order valence-electron chi connectivity index (χ3n) is 5.72. The van der Waals surface area contributed by atoms with Crippen molar-refractivity contribution in [2.45, 2.75) is 32.7 Å². The topological polar surface area (TPSA) is 85.2 Å². The van der Waals surface area contributed by atoms with Crippen molar-refractivity contribution in [2.24, 2.45) is 7.05 Å². The van der Waals surface area contributed by atoms with Gasteiger partial charge in [-0.3, -0.25) is 14.3 Å². The molecule has 2 N–H and O–H groups in total. The molecule has 7 heteroatoms. The number of rotatable bonds is 4. The summed E-state index contributed by atoms with van der Waals surface area (Å²) >= 11 is 0. The van der Waals surface area contributed by atoms with Crippen LogP contribution in [0.5, 0.6) is 5.75 Å². The number of nitrogens with one attached hydrogen (secondary N) is 2. The Hall–Kier alpha value is -3.61. The van der Waals surface area contributed by atoms with E-state index in [1.54, 1.807) is 31.0 Å². The maximum absolute atomic E-state index is 13.2. The van der Waals surface area contributed by atoms with E-state index in [-0.39, 0.29) is 11.8 Å². The largest absolute Gasteiger partial charge is 0.496 e. The van der Waals surface area contributed by atoms with Crippen molar-refractivity contribution in [3.8, 4) is 5.75 Å². The van der Waals surface area contributed by atoms with Gasteiger partial charge in [-0.05, 0) is 39.0 Å². The number of fused-ring (bicyclic) bond motifs is 1. The molecular weight excluding hydrogens is 392 g/mol. The van der Waals surface area contributed by atoms with Gasteiger partial charge in [0.25, 0.3) is 5.91 Å². The van der Waals surface area contributed by atoms with Crippen LogP contribution < -0.4 is 15.4 Å². The standard InChI is InChI=1S/C24H26N4O3/c1-13-7-6-8-16(11-13)23(29)25-21-20(17-12-14(2)9-10-18(17)31-5)19-15(3)27-28(4)22(19)26-24(21)30/h6-12,20-21H,1-5H3,(H,25,29)(H,26,30)/t20-,21+/m0/s1. The lowest BCUT2D eigenvalue weighted by Gasteiger charge is -2.33. The molecule has 2 aromatic carbocycles. The van der Waals surface area contributed by atoms with Crippen LogP contribution in [-0.2, 0) is 11.8 Å². The molecule has 0 bridgehead atoms. The highest BCUT2D eigenvalue weighted by Gasteiger charge is 2.42. The number of hydrogen-bond acceptors (Lipinski definition) is 4. The molecule has 7 nitrogen and oxygen atoms in total. The summed E-state index contributed by atoms with van der Waals surface area (Å²) in [4.78, 5) is 26.3. The van der Waals surface area contributed by atoms with E-state index in [2.05, 4.69) is 15.7 Å². The molecule has 160 valence electrons. The lowest BCUT2D eigenvalue weighted by Crippen LogP contribution is -2.50. The molecule has 0 saturated heterocycles. The van der Waals surface area contributed by atoms with E-state index < -0.39 is 12.0 Å². The average Bonchev–Trinajstić information content (AvgIpc) is 3.01. The van der Waals surface area contributed by atoms with E-state index >= 15 is 0 Å². The maximum atomic E-state index is 13.2. The fourth-order valence-electron chi connectivity index (χ4n) is 4.30. The highest BCUT2D eigenvalue weighted by molar-refractivity contribution is 6.04. The smallest absolute Gasteiger partial charge is 0.251 e. The van der Waals surface area contributed by atoms with Gasteiger partial charge in [0.2, 0.25) is 5.91 Å². The van der Waals surface area contributed by atoms with Crippen LogP contribution in [0.2, 0.25) is 0 Å². The SMILES string of the molecule is COc1ccc(C)cc1[C@H]1c2c(C)nn(C)c2NC(=O)[C@@H]1NC(=O)c1cccc(C)c1. The summed E-state index contributed by atoms with van der Waals surface area (Å²) in [5, 5.41) is 10.4. The molecule has 1 aliphatic heterocycles. The van der Waals surface area contributed by atoms with Crippen molar-refractivity contribution in [2.75, 3.05) is 12.4 Å². The summed E-state index contributed by atoms with van der Waals surface area (Å²) in [6, 6.07) is 12.3. The number of ether oxygens (including phenoxy) is 1. The number of hydrogen-bond donors (Lipinski definition) is 2. The molecule has 2 atom stereocenters. The fraction of sp³-hybridized carbons (Fsp3) is 0.292. The quantitative estimate of drug-likeness (QED) is 0.681. The first-order chi connectivity index (χ1) is 14.8. The zero-order valence-electron chi connectivity index (χ0n) is 18.3. The molecule has 0 spiro atoms. The van der Waals surface area contributed by atoms with Crippen LogP contribution in [0.1, 0.15) is 44.2 Å². The minimum absolute atomic E-state index is 0.287. The summed E-state index contributed by atoms with van der Waals surface area (Å²) in [6.07, 6.45) is 0. The summed E-state index contributed by atoms with van der Waals surface area (Å²) in [5.74, 6) is 0.267. The van der Waals surface area contributed by atoms with Crippen LogP contribution in [0.3, 0.4) is 0 Å². The molecule has 31 heavy (non-hydrogen) atoms. The normalized spacial score (nSPS) is 17.6. The first-order valence-electron chi connectivity index (χ1n) is 10.2. The summed E-state index contributed by atoms with van der Waals surface area (Å²) < 4.78 is 7.30. The van der Waals surface area contributed by atoms with Crippen molar-refractivity contribution in [3.05, 3.63) is 76.0 Å². The van der Waals surface area contributed by atoms with Crippen molar-refractivity contribution in [1.29, 1.82) is 0 Å². The Morgan fingerprint density at radius 2 is 1.87 bits per heavy atom. The van der Waals surface area contributed by atoms with Crippen molar-refractivity contribution in [1.82, 2.24) is 15.1 Å². The zero-order chi connectivity index (χ0) is 22.3. The lowest BCUT2D eigenvalue weighted by atomic mass is 9.81. The first kappa shape index (κ1) is 20.7. The second-order valence-electron chi connectivity index (χ2n) is 8.00. The van der Waals surface area contributed by atoms with Crippen molar-refractivity contribution < 1.29 is 14.3 Å². The van der Waals surface area contributed by atoms with Crippen molar-refractivity contribution in [3.63, 3.8) is 0 Å². The Morgan fingerprint density at radius 1 is 1.13 bits per heavy atom. The third kappa shape index (κ3) is 3.67. The molecule has 0 radical (unpaired) electrons. The summed E-state index contributed by atoms with van der Waals surface area (Å²) in [6.45, 7) is 5.82. The molecule has 0 aliphatic carbocycles. The minimum atomic E-state index is -0.820. The van der Waals surface area contributed by atoms with Gasteiger partial charge in [0, 0.05) is 29.7 Å². The second kappa shape index (κ2) is 7.91. The van der Waals surface area contributed by atoms with Gasteiger partial charge in [-0.15, -0.1) is 0 Å². The van der Waals surface area contributed by atoms with Gasteiger partial charge in [-0.25, -0.2) is 0 Å². The molecule has 1 aromatic heterocycles. The number of anilines is 1. The number of carbonyl (C=O) groups excluding carboxylic acids is 2. The number of aryl methyl sites for hydroxylation is 4. The Balaban J connectivity index is 1.85. The number of benzene rings is 2. The second-order valence-corrected chi connectivity index (χ2v) is 8.00. The van der Waals surface area contributed by atoms with E-state index in [1.807, 2.05) is 51.1 Å². The maximum Gasteiger partial charge on any atom is 0.251 e. The Morgan fingerprint density at radius 3 is 2.58 bits per heavy atom. The van der Waals surface area contributed by atoms with Gasteiger partial charge < -0.3 is 15.4 Å². The number of amides is 2. The zero-order valence-corrected chi connectivity index (χ0v) is 18.3. The fourth-order valence-corrected chi connectivity index (χ4v) is 4.30.